The molecule has 1 aromatic rings. The Morgan fingerprint density at radius 1 is 1.39 bits per heavy atom. The van der Waals surface area contributed by atoms with Crippen LogP contribution in [0, 0.1) is 10.1 Å². The number of rotatable bonds is 5. The van der Waals surface area contributed by atoms with Crippen LogP contribution in [0.15, 0.2) is 18.2 Å². The number of halogens is 2. The summed E-state index contributed by atoms with van der Waals surface area (Å²) in [5, 5.41) is 11.4. The lowest BCUT2D eigenvalue weighted by Crippen LogP contribution is -2.39. The highest BCUT2D eigenvalue weighted by Gasteiger charge is 2.29. The summed E-state index contributed by atoms with van der Waals surface area (Å²) in [7, 11) is 0. The molecule has 28 heavy (non-hydrogen) atoms. The highest BCUT2D eigenvalue weighted by atomic mass is 19.3. The first-order valence-electron chi connectivity index (χ1n) is 8.64. The van der Waals surface area contributed by atoms with Crippen LogP contribution in [-0.2, 0) is 4.74 Å². The van der Waals surface area contributed by atoms with Gasteiger partial charge in [0.05, 0.1) is 4.92 Å². The summed E-state index contributed by atoms with van der Waals surface area (Å²) >= 11 is 0. The minimum atomic E-state index is -2.79. The second-order valence-corrected chi connectivity index (χ2v) is 7.25. The number of nitro benzene ring substituents is 1. The molecule has 1 aromatic carbocycles. The monoisotopic (exact) mass is 399 g/mol. The lowest BCUT2D eigenvalue weighted by atomic mass is 9.97. The van der Waals surface area contributed by atoms with Gasteiger partial charge in [-0.2, -0.15) is 0 Å². The number of carbonyl (C=O) groups excluding carboxylic acids is 1. The number of nitro groups is 1. The molecule has 0 aliphatic carbocycles. The Morgan fingerprint density at radius 2 is 2.07 bits per heavy atom. The van der Waals surface area contributed by atoms with Gasteiger partial charge >= 0.3 is 11.8 Å². The van der Waals surface area contributed by atoms with Crippen LogP contribution in [0.1, 0.15) is 32.8 Å². The molecule has 8 nitrogen and oxygen atoms in total. The number of nitrogens with two attached hydrogens (primary N) is 1. The van der Waals surface area contributed by atoms with E-state index < -0.39 is 35.3 Å². The highest BCUT2D eigenvalue weighted by molar-refractivity contribution is 5.81. The summed E-state index contributed by atoms with van der Waals surface area (Å²) < 4.78 is 35.6. The Hall–Kier alpha value is -2.91. The quantitative estimate of drug-likeness (QED) is 0.458. The average Bonchev–Trinajstić information content (AvgIpc) is 2.58. The van der Waals surface area contributed by atoms with Crippen molar-refractivity contribution in [3.8, 4) is 5.75 Å². The van der Waals surface area contributed by atoms with Crippen molar-refractivity contribution in [1.29, 1.82) is 0 Å². The van der Waals surface area contributed by atoms with Crippen molar-refractivity contribution in [3.63, 3.8) is 0 Å². The van der Waals surface area contributed by atoms with Crippen LogP contribution in [0.3, 0.4) is 0 Å². The smallest absolute Gasteiger partial charge is 0.410 e. The number of hydrogen-bond acceptors (Lipinski definition) is 6. The zero-order valence-corrected chi connectivity index (χ0v) is 15.9. The molecule has 0 spiro atoms. The zero-order chi connectivity index (χ0) is 21.1. The third-order valence-electron chi connectivity index (χ3n) is 3.91. The molecule has 1 aliphatic rings. The number of benzene rings is 1. The molecule has 154 valence electrons. The summed E-state index contributed by atoms with van der Waals surface area (Å²) in [5.74, 6) is -0.290. The predicted molar refractivity (Wildman–Crippen MR) is 99.4 cm³/mol. The third kappa shape index (κ3) is 5.30. The van der Waals surface area contributed by atoms with E-state index in [2.05, 4.69) is 0 Å². The molecule has 0 saturated heterocycles. The van der Waals surface area contributed by atoms with E-state index in [0.717, 1.165) is 0 Å². The Kier molecular flexibility index (Phi) is 6.42. The van der Waals surface area contributed by atoms with Crippen molar-refractivity contribution < 1.29 is 28.0 Å². The van der Waals surface area contributed by atoms with Crippen LogP contribution in [0.2, 0.25) is 0 Å². The molecule has 0 bridgehead atoms. The molecule has 1 amide bonds. The van der Waals surface area contributed by atoms with E-state index in [9.17, 15) is 23.7 Å². The van der Waals surface area contributed by atoms with Crippen molar-refractivity contribution >= 4 is 23.0 Å². The average molecular weight is 399 g/mol. The Morgan fingerprint density at radius 3 is 2.57 bits per heavy atom. The van der Waals surface area contributed by atoms with Gasteiger partial charge in [-0.05, 0) is 44.9 Å². The van der Waals surface area contributed by atoms with Gasteiger partial charge in [0.15, 0.2) is 0 Å². The molecule has 0 saturated carbocycles. The maximum atomic E-state index is 12.6. The molecule has 2 rings (SSSR count). The molecule has 10 heteroatoms. The SMILES string of the molecule is CC(C)(C)OC(=O)N1CC=C(c2ccc(N)c([N+](=O)[O-])c2OCC(F)F)CC1. The molecular formula is C18H23F2N3O5. The lowest BCUT2D eigenvalue weighted by Gasteiger charge is -2.30. The maximum Gasteiger partial charge on any atom is 0.410 e. The lowest BCUT2D eigenvalue weighted by molar-refractivity contribution is -0.385. The van der Waals surface area contributed by atoms with Gasteiger partial charge in [-0.1, -0.05) is 6.08 Å². The van der Waals surface area contributed by atoms with Crippen molar-refractivity contribution in [2.45, 2.75) is 39.2 Å². The molecule has 0 aromatic heterocycles. The molecule has 0 unspecified atom stereocenters. The summed E-state index contributed by atoms with van der Waals surface area (Å²) in [5.41, 5.74) is 5.25. The zero-order valence-electron chi connectivity index (χ0n) is 15.9. The van der Waals surface area contributed by atoms with Crippen LogP contribution in [0.25, 0.3) is 5.57 Å². The fourth-order valence-corrected chi connectivity index (χ4v) is 2.73. The number of hydrogen-bond donors (Lipinski definition) is 1. The largest absolute Gasteiger partial charge is 0.480 e. The summed E-state index contributed by atoms with van der Waals surface area (Å²) in [6.07, 6.45) is -1.22. The normalized spacial score (nSPS) is 14.6. The van der Waals surface area contributed by atoms with E-state index >= 15 is 0 Å². The van der Waals surface area contributed by atoms with Gasteiger partial charge in [0.2, 0.25) is 5.75 Å². The molecule has 1 aliphatic heterocycles. The Labute approximate surface area is 161 Å². The number of alkyl halides is 2. The van der Waals surface area contributed by atoms with E-state index in [1.807, 2.05) is 0 Å². The third-order valence-corrected chi connectivity index (χ3v) is 3.91. The van der Waals surface area contributed by atoms with Crippen LogP contribution < -0.4 is 10.5 Å². The Balaban J connectivity index is 2.31. The van der Waals surface area contributed by atoms with Crippen molar-refractivity contribution in [1.82, 2.24) is 4.90 Å². The molecular weight excluding hydrogens is 376 g/mol. The molecule has 0 radical (unpaired) electrons. The highest BCUT2D eigenvalue weighted by Crippen LogP contribution is 2.41. The molecule has 2 N–H and O–H groups in total. The number of nitrogen functional groups attached to an aromatic ring is 1. The van der Waals surface area contributed by atoms with Crippen molar-refractivity contribution in [2.24, 2.45) is 0 Å². The summed E-state index contributed by atoms with van der Waals surface area (Å²) in [6, 6.07) is 2.84. The Bertz CT molecular complexity index is 790. The van der Waals surface area contributed by atoms with Gasteiger partial charge in [0, 0.05) is 18.7 Å². The first kappa shape index (κ1) is 21.4. The van der Waals surface area contributed by atoms with E-state index in [-0.39, 0.29) is 18.0 Å². The first-order valence-corrected chi connectivity index (χ1v) is 8.64. The van der Waals surface area contributed by atoms with E-state index in [1.54, 1.807) is 26.8 Å². The van der Waals surface area contributed by atoms with Crippen LogP contribution in [0.5, 0.6) is 5.75 Å². The van der Waals surface area contributed by atoms with Gasteiger partial charge < -0.3 is 20.1 Å². The standard InChI is InChI=1S/C18H23F2N3O5/c1-18(2,3)28-17(24)22-8-6-11(7-9-22)12-4-5-13(21)15(23(25)26)16(12)27-10-14(19)20/h4-6,14H,7-10,21H2,1-3H3. The fraction of sp³-hybridized carbons (Fsp3) is 0.500. The number of ether oxygens (including phenoxy) is 2. The molecule has 0 fully saturated rings. The fourth-order valence-electron chi connectivity index (χ4n) is 2.73. The predicted octanol–water partition coefficient (Wildman–Crippen LogP) is 3.85. The van der Waals surface area contributed by atoms with E-state index in [4.69, 9.17) is 15.2 Å². The van der Waals surface area contributed by atoms with Gasteiger partial charge in [-0.15, -0.1) is 0 Å². The van der Waals surface area contributed by atoms with E-state index in [1.165, 1.54) is 17.0 Å². The molecule has 1 heterocycles. The molecule has 0 atom stereocenters. The van der Waals surface area contributed by atoms with Crippen LogP contribution in [0.4, 0.5) is 25.0 Å². The van der Waals surface area contributed by atoms with Crippen molar-refractivity contribution in [3.05, 3.63) is 33.9 Å². The van der Waals surface area contributed by atoms with Gasteiger partial charge in [-0.3, -0.25) is 10.1 Å². The number of amides is 1. The second kappa shape index (κ2) is 8.41. The minimum absolute atomic E-state index is 0.176. The van der Waals surface area contributed by atoms with Crippen LogP contribution >= 0.6 is 0 Å². The number of anilines is 1. The van der Waals surface area contributed by atoms with Gasteiger partial charge in [0.1, 0.15) is 17.9 Å². The minimum Gasteiger partial charge on any atom is -0.480 e. The number of carbonyl (C=O) groups is 1. The first-order chi connectivity index (χ1) is 13.0. The van der Waals surface area contributed by atoms with Crippen LogP contribution in [-0.4, -0.2) is 47.6 Å². The topological polar surface area (TPSA) is 108 Å². The van der Waals surface area contributed by atoms with Crippen molar-refractivity contribution in [2.75, 3.05) is 25.4 Å². The maximum absolute atomic E-state index is 12.6. The number of nitrogens with zero attached hydrogens (tertiary/aromatic N) is 2. The summed E-state index contributed by atoms with van der Waals surface area (Å²) in [4.78, 5) is 24.2. The second-order valence-electron chi connectivity index (χ2n) is 7.25. The van der Waals surface area contributed by atoms with Gasteiger partial charge in [-0.25, -0.2) is 13.6 Å². The summed E-state index contributed by atoms with van der Waals surface area (Å²) in [6.45, 7) is 4.82. The van der Waals surface area contributed by atoms with Gasteiger partial charge in [0.25, 0.3) is 6.43 Å². The van der Waals surface area contributed by atoms with E-state index in [0.29, 0.717) is 24.1 Å².